The second-order valence-corrected chi connectivity index (χ2v) is 8.02. The molecule has 2 atom stereocenters. The Bertz CT molecular complexity index is 955. The van der Waals surface area contributed by atoms with Gasteiger partial charge in [0.1, 0.15) is 12.7 Å². The van der Waals surface area contributed by atoms with Crippen LogP contribution in [0.1, 0.15) is 46.6 Å². The van der Waals surface area contributed by atoms with Crippen molar-refractivity contribution in [3.05, 3.63) is 41.0 Å². The summed E-state index contributed by atoms with van der Waals surface area (Å²) in [5.74, 6) is 0.432. The maximum absolute atomic E-state index is 12.5. The predicted molar refractivity (Wildman–Crippen MR) is 86.6 cm³/mol. The molecule has 0 bridgehead atoms. The molecule has 2 aliphatic heterocycles. The summed E-state index contributed by atoms with van der Waals surface area (Å²) < 4.78 is 43.3. The van der Waals surface area contributed by atoms with E-state index >= 15 is 0 Å². The van der Waals surface area contributed by atoms with Gasteiger partial charge in [0.2, 0.25) is 10.0 Å². The van der Waals surface area contributed by atoms with Crippen molar-refractivity contribution in [3.63, 3.8) is 0 Å². The number of hydrogen-bond acceptors (Lipinski definition) is 8. The number of nitrogens with one attached hydrogen (secondary N) is 1. The molecule has 1 aromatic heterocycles. The Balaban J connectivity index is 1.40. The van der Waals surface area contributed by atoms with E-state index in [-0.39, 0.29) is 35.8 Å². The number of aryl methyl sites for hydroxylation is 1. The zero-order valence-electron chi connectivity index (χ0n) is 14.0. The molecule has 4 rings (SSSR count). The predicted octanol–water partition coefficient (Wildman–Crippen LogP) is 1.25. The summed E-state index contributed by atoms with van der Waals surface area (Å²) in [4.78, 5) is 15.8. The molecule has 1 saturated heterocycles. The first kappa shape index (κ1) is 17.1. The second-order valence-electron chi connectivity index (χ2n) is 6.25. The third-order valence-electron chi connectivity index (χ3n) is 4.40. The van der Waals surface area contributed by atoms with Crippen molar-refractivity contribution in [2.75, 3.05) is 6.54 Å². The van der Waals surface area contributed by atoms with Crippen LogP contribution in [0.3, 0.4) is 0 Å². The van der Waals surface area contributed by atoms with E-state index in [9.17, 15) is 13.2 Å². The van der Waals surface area contributed by atoms with E-state index in [0.29, 0.717) is 30.1 Å². The van der Waals surface area contributed by atoms with Gasteiger partial charge in [-0.15, -0.1) is 0 Å². The van der Waals surface area contributed by atoms with Gasteiger partial charge in [-0.05, 0) is 31.9 Å². The third-order valence-corrected chi connectivity index (χ3v) is 5.82. The first-order valence-electron chi connectivity index (χ1n) is 8.18. The van der Waals surface area contributed by atoms with Crippen LogP contribution in [0.4, 0.5) is 0 Å². The second kappa shape index (κ2) is 6.45. The molecule has 138 valence electrons. The smallest absolute Gasteiger partial charge is 0.338 e. The average Bonchev–Trinajstić information content (AvgIpc) is 3.33. The summed E-state index contributed by atoms with van der Waals surface area (Å²) in [6, 6.07) is 4.39. The lowest BCUT2D eigenvalue weighted by Gasteiger charge is -2.13. The first-order valence-corrected chi connectivity index (χ1v) is 9.66. The van der Waals surface area contributed by atoms with E-state index in [1.54, 1.807) is 13.0 Å². The molecule has 1 aromatic carbocycles. The van der Waals surface area contributed by atoms with Gasteiger partial charge in [-0.3, -0.25) is 0 Å². The number of sulfonamides is 1. The quantitative estimate of drug-likeness (QED) is 0.771. The lowest BCUT2D eigenvalue weighted by molar-refractivity contribution is 0.0290. The van der Waals surface area contributed by atoms with Crippen LogP contribution in [0.15, 0.2) is 27.6 Å². The molecule has 0 radical (unpaired) electrons. The van der Waals surface area contributed by atoms with Crippen molar-refractivity contribution < 1.29 is 27.2 Å². The molecule has 0 unspecified atom stereocenters. The van der Waals surface area contributed by atoms with Crippen molar-refractivity contribution in [1.82, 2.24) is 14.9 Å². The van der Waals surface area contributed by atoms with Crippen molar-refractivity contribution >= 4 is 16.0 Å². The lowest BCUT2D eigenvalue weighted by atomic mass is 10.1. The molecule has 10 heteroatoms. The summed E-state index contributed by atoms with van der Waals surface area (Å²) in [5.41, 5.74) is 0.975. The number of cyclic esters (lactones) is 1. The molecule has 0 spiro atoms. The molecule has 2 aromatic rings. The van der Waals surface area contributed by atoms with Gasteiger partial charge in [0.05, 0.1) is 16.6 Å². The topological polar surface area (TPSA) is 121 Å². The summed E-state index contributed by atoms with van der Waals surface area (Å²) in [7, 11) is -3.76. The Hall–Kier alpha value is -2.30. The number of hydrogen-bond donors (Lipinski definition) is 1. The van der Waals surface area contributed by atoms with Gasteiger partial charge in [-0.25, -0.2) is 17.9 Å². The fraction of sp³-hybridized carbons (Fsp3) is 0.438. The normalized spacial score (nSPS) is 22.4. The molecule has 0 saturated carbocycles. The van der Waals surface area contributed by atoms with Gasteiger partial charge in [-0.2, -0.15) is 4.98 Å². The SMILES string of the molecule is Cc1noc([C@@H]2CC[C@H](CNS(=O)(=O)c3ccc4c(c3)C(=O)OC4)O2)n1. The number of aromatic nitrogens is 2. The largest absolute Gasteiger partial charge is 0.457 e. The monoisotopic (exact) mass is 379 g/mol. The van der Waals surface area contributed by atoms with Gasteiger partial charge in [-0.1, -0.05) is 11.2 Å². The summed E-state index contributed by atoms with van der Waals surface area (Å²) in [5, 5.41) is 3.73. The highest BCUT2D eigenvalue weighted by Crippen LogP contribution is 2.31. The third kappa shape index (κ3) is 3.22. The number of fused-ring (bicyclic) bond motifs is 1. The van der Waals surface area contributed by atoms with Crippen LogP contribution in [0.25, 0.3) is 0 Å². The van der Waals surface area contributed by atoms with E-state index in [0.717, 1.165) is 0 Å². The van der Waals surface area contributed by atoms with Gasteiger partial charge in [0.25, 0.3) is 5.89 Å². The summed E-state index contributed by atoms with van der Waals surface area (Å²) in [6.07, 6.45) is 0.742. The van der Waals surface area contributed by atoms with E-state index in [4.69, 9.17) is 14.0 Å². The number of nitrogens with zero attached hydrogens (tertiary/aromatic N) is 2. The lowest BCUT2D eigenvalue weighted by Crippen LogP contribution is -2.32. The number of rotatable bonds is 5. The fourth-order valence-corrected chi connectivity index (χ4v) is 4.12. The average molecular weight is 379 g/mol. The molecule has 0 amide bonds. The van der Waals surface area contributed by atoms with Gasteiger partial charge in [0.15, 0.2) is 5.82 Å². The Labute approximate surface area is 149 Å². The van der Waals surface area contributed by atoms with Crippen LogP contribution in [0.2, 0.25) is 0 Å². The number of carbonyl (C=O) groups excluding carboxylic acids is 1. The standard InChI is InChI=1S/C16H17N3O6S/c1-9-18-15(25-19-9)14-5-3-11(24-14)7-17-26(21,22)12-4-2-10-8-23-16(20)13(10)6-12/h2,4,6,11,14,17H,3,5,7-8H2,1H3/t11-,14+/m1/s1. The fourth-order valence-electron chi connectivity index (χ4n) is 3.03. The number of carbonyl (C=O) groups is 1. The highest BCUT2D eigenvalue weighted by molar-refractivity contribution is 7.89. The minimum absolute atomic E-state index is 0.0252. The van der Waals surface area contributed by atoms with Crippen molar-refractivity contribution in [2.45, 2.75) is 43.5 Å². The molecule has 3 heterocycles. The van der Waals surface area contributed by atoms with Crippen LogP contribution in [-0.2, 0) is 26.1 Å². The zero-order chi connectivity index (χ0) is 18.3. The van der Waals surface area contributed by atoms with E-state index in [1.807, 2.05) is 0 Å². The van der Waals surface area contributed by atoms with Gasteiger partial charge < -0.3 is 14.0 Å². The molecule has 2 aliphatic rings. The molecule has 9 nitrogen and oxygen atoms in total. The van der Waals surface area contributed by atoms with Crippen LogP contribution in [-0.4, -0.2) is 37.2 Å². The maximum Gasteiger partial charge on any atom is 0.338 e. The molecule has 1 N–H and O–H groups in total. The number of ether oxygens (including phenoxy) is 2. The molecular weight excluding hydrogens is 362 g/mol. The summed E-state index contributed by atoms with van der Waals surface area (Å²) in [6.45, 7) is 2.02. The molecule has 0 aliphatic carbocycles. The van der Waals surface area contributed by atoms with Crippen molar-refractivity contribution in [3.8, 4) is 0 Å². The first-order chi connectivity index (χ1) is 12.4. The maximum atomic E-state index is 12.5. The van der Waals surface area contributed by atoms with Gasteiger partial charge >= 0.3 is 5.97 Å². The Morgan fingerprint density at radius 1 is 1.31 bits per heavy atom. The highest BCUT2D eigenvalue weighted by Gasteiger charge is 2.32. The van der Waals surface area contributed by atoms with Crippen LogP contribution in [0.5, 0.6) is 0 Å². The summed E-state index contributed by atoms with van der Waals surface area (Å²) >= 11 is 0. The molecule has 1 fully saturated rings. The number of benzene rings is 1. The Kier molecular flexibility index (Phi) is 4.25. The van der Waals surface area contributed by atoms with E-state index < -0.39 is 16.0 Å². The van der Waals surface area contributed by atoms with Crippen LogP contribution in [0, 0.1) is 6.92 Å². The molecular formula is C16H17N3O6S. The molecule has 26 heavy (non-hydrogen) atoms. The Morgan fingerprint density at radius 3 is 2.92 bits per heavy atom. The van der Waals surface area contributed by atoms with E-state index in [2.05, 4.69) is 14.9 Å². The number of esters is 1. The minimum atomic E-state index is -3.76. The van der Waals surface area contributed by atoms with Crippen LogP contribution < -0.4 is 4.72 Å². The van der Waals surface area contributed by atoms with Crippen LogP contribution >= 0.6 is 0 Å². The minimum Gasteiger partial charge on any atom is -0.457 e. The Morgan fingerprint density at radius 2 is 2.15 bits per heavy atom. The zero-order valence-corrected chi connectivity index (χ0v) is 14.8. The van der Waals surface area contributed by atoms with Crippen molar-refractivity contribution in [2.24, 2.45) is 0 Å². The van der Waals surface area contributed by atoms with E-state index in [1.165, 1.54) is 12.1 Å². The highest BCUT2D eigenvalue weighted by atomic mass is 32.2. The van der Waals surface area contributed by atoms with Crippen molar-refractivity contribution in [1.29, 1.82) is 0 Å². The van der Waals surface area contributed by atoms with Gasteiger partial charge in [0, 0.05) is 12.1 Å².